The standard InChI is InChI=1S/C16H14FN3/c1-18-15(16-14(17)6-3-8-20-16)13-5-2-4-11-10-19-9-7-12(11)13/h2-10,15,18H,1H3. The molecule has 2 aromatic heterocycles. The van der Waals surface area contributed by atoms with Gasteiger partial charge >= 0.3 is 0 Å². The highest BCUT2D eigenvalue weighted by Gasteiger charge is 2.19. The molecule has 0 spiro atoms. The summed E-state index contributed by atoms with van der Waals surface area (Å²) in [6.07, 6.45) is 5.16. The van der Waals surface area contributed by atoms with Gasteiger partial charge in [0.05, 0.1) is 11.7 Å². The van der Waals surface area contributed by atoms with Crippen molar-refractivity contribution >= 4 is 10.8 Å². The van der Waals surface area contributed by atoms with Gasteiger partial charge in [-0.05, 0) is 36.2 Å². The number of pyridine rings is 2. The van der Waals surface area contributed by atoms with Crippen molar-refractivity contribution in [2.24, 2.45) is 0 Å². The third-order valence-corrected chi connectivity index (χ3v) is 3.37. The minimum Gasteiger partial charge on any atom is -0.308 e. The van der Waals surface area contributed by atoms with Gasteiger partial charge in [0, 0.05) is 24.0 Å². The quantitative estimate of drug-likeness (QED) is 0.792. The molecule has 3 nitrogen and oxygen atoms in total. The lowest BCUT2D eigenvalue weighted by molar-refractivity contribution is 0.561. The second-order valence-electron chi connectivity index (χ2n) is 4.54. The molecule has 1 aromatic carbocycles. The van der Waals surface area contributed by atoms with Crippen LogP contribution in [0.3, 0.4) is 0 Å². The van der Waals surface area contributed by atoms with Crippen LogP contribution in [0.15, 0.2) is 55.0 Å². The number of rotatable bonds is 3. The molecule has 3 rings (SSSR count). The van der Waals surface area contributed by atoms with Crippen molar-refractivity contribution < 1.29 is 4.39 Å². The van der Waals surface area contributed by atoms with Crippen molar-refractivity contribution in [1.82, 2.24) is 15.3 Å². The van der Waals surface area contributed by atoms with Crippen LogP contribution >= 0.6 is 0 Å². The largest absolute Gasteiger partial charge is 0.308 e. The lowest BCUT2D eigenvalue weighted by Crippen LogP contribution is -2.20. The zero-order valence-corrected chi connectivity index (χ0v) is 11.0. The second-order valence-corrected chi connectivity index (χ2v) is 4.54. The maximum Gasteiger partial charge on any atom is 0.146 e. The molecule has 0 bridgehead atoms. The van der Waals surface area contributed by atoms with Crippen LogP contribution in [0.25, 0.3) is 10.8 Å². The number of benzene rings is 1. The zero-order chi connectivity index (χ0) is 13.9. The molecular formula is C16H14FN3. The van der Waals surface area contributed by atoms with Gasteiger partial charge in [0.2, 0.25) is 0 Å². The van der Waals surface area contributed by atoms with E-state index in [1.165, 1.54) is 6.07 Å². The molecule has 1 N–H and O–H groups in total. The van der Waals surface area contributed by atoms with E-state index in [0.29, 0.717) is 5.69 Å². The Balaban J connectivity index is 2.20. The summed E-state index contributed by atoms with van der Waals surface area (Å²) in [7, 11) is 1.80. The zero-order valence-electron chi connectivity index (χ0n) is 11.0. The fourth-order valence-corrected chi connectivity index (χ4v) is 2.45. The van der Waals surface area contributed by atoms with Gasteiger partial charge in [0.15, 0.2) is 0 Å². The summed E-state index contributed by atoms with van der Waals surface area (Å²) in [5, 5.41) is 5.22. The molecule has 2 heterocycles. The van der Waals surface area contributed by atoms with Crippen molar-refractivity contribution in [1.29, 1.82) is 0 Å². The molecular weight excluding hydrogens is 253 g/mol. The monoisotopic (exact) mass is 267 g/mol. The van der Waals surface area contributed by atoms with Crippen molar-refractivity contribution in [3.63, 3.8) is 0 Å². The van der Waals surface area contributed by atoms with E-state index in [0.717, 1.165) is 16.3 Å². The highest BCUT2D eigenvalue weighted by Crippen LogP contribution is 2.28. The average Bonchev–Trinajstić information content (AvgIpc) is 2.50. The molecule has 0 radical (unpaired) electrons. The first-order chi connectivity index (χ1) is 9.81. The van der Waals surface area contributed by atoms with Crippen LogP contribution in [0.2, 0.25) is 0 Å². The Kier molecular flexibility index (Phi) is 3.39. The number of fused-ring (bicyclic) bond motifs is 1. The number of nitrogens with one attached hydrogen (secondary N) is 1. The Labute approximate surface area is 116 Å². The average molecular weight is 267 g/mol. The van der Waals surface area contributed by atoms with E-state index >= 15 is 0 Å². The van der Waals surface area contributed by atoms with Crippen LogP contribution in [-0.2, 0) is 0 Å². The first kappa shape index (κ1) is 12.7. The summed E-state index contributed by atoms with van der Waals surface area (Å²) in [6, 6.07) is 10.6. The molecule has 100 valence electrons. The molecule has 4 heteroatoms. The maximum absolute atomic E-state index is 14.0. The highest BCUT2D eigenvalue weighted by molar-refractivity contribution is 5.85. The van der Waals surface area contributed by atoms with Gasteiger partial charge in [-0.2, -0.15) is 0 Å². The van der Waals surface area contributed by atoms with Crippen LogP contribution < -0.4 is 5.32 Å². The maximum atomic E-state index is 14.0. The highest BCUT2D eigenvalue weighted by atomic mass is 19.1. The van der Waals surface area contributed by atoms with Crippen molar-refractivity contribution in [3.8, 4) is 0 Å². The van der Waals surface area contributed by atoms with Crippen molar-refractivity contribution in [2.75, 3.05) is 7.05 Å². The first-order valence-corrected chi connectivity index (χ1v) is 6.41. The van der Waals surface area contributed by atoms with Gasteiger partial charge in [-0.15, -0.1) is 0 Å². The molecule has 0 aliphatic rings. The molecule has 0 aliphatic carbocycles. The Morgan fingerprint density at radius 1 is 1.10 bits per heavy atom. The molecule has 1 unspecified atom stereocenters. The van der Waals surface area contributed by atoms with E-state index in [2.05, 4.69) is 15.3 Å². The van der Waals surface area contributed by atoms with E-state index < -0.39 is 0 Å². The van der Waals surface area contributed by atoms with E-state index in [9.17, 15) is 4.39 Å². The van der Waals surface area contributed by atoms with Crippen LogP contribution in [-0.4, -0.2) is 17.0 Å². The Bertz CT molecular complexity index is 737. The van der Waals surface area contributed by atoms with Gasteiger partial charge in [0.1, 0.15) is 5.82 Å². The van der Waals surface area contributed by atoms with Crippen molar-refractivity contribution in [2.45, 2.75) is 6.04 Å². The summed E-state index contributed by atoms with van der Waals surface area (Å²) >= 11 is 0. The lowest BCUT2D eigenvalue weighted by Gasteiger charge is -2.18. The van der Waals surface area contributed by atoms with Crippen LogP contribution in [0, 0.1) is 5.82 Å². The van der Waals surface area contributed by atoms with E-state index in [-0.39, 0.29) is 11.9 Å². The van der Waals surface area contributed by atoms with Crippen molar-refractivity contribution in [3.05, 3.63) is 72.1 Å². The van der Waals surface area contributed by atoms with E-state index in [1.807, 2.05) is 24.3 Å². The fraction of sp³-hybridized carbons (Fsp3) is 0.125. The third-order valence-electron chi connectivity index (χ3n) is 3.37. The number of hydrogen-bond acceptors (Lipinski definition) is 3. The Hall–Kier alpha value is -2.33. The normalized spacial score (nSPS) is 12.5. The molecule has 3 aromatic rings. The predicted molar refractivity (Wildman–Crippen MR) is 76.8 cm³/mol. The summed E-state index contributed by atoms with van der Waals surface area (Å²) in [5.41, 5.74) is 1.39. The van der Waals surface area contributed by atoms with Crippen LogP contribution in [0.1, 0.15) is 17.3 Å². The molecule has 0 saturated carbocycles. The second kappa shape index (κ2) is 5.35. The number of aromatic nitrogens is 2. The number of hydrogen-bond donors (Lipinski definition) is 1. The van der Waals surface area contributed by atoms with Crippen LogP contribution in [0.5, 0.6) is 0 Å². The van der Waals surface area contributed by atoms with Gasteiger partial charge in [0.25, 0.3) is 0 Å². The van der Waals surface area contributed by atoms with E-state index in [4.69, 9.17) is 0 Å². The Morgan fingerprint density at radius 3 is 2.80 bits per heavy atom. The molecule has 1 atom stereocenters. The summed E-state index contributed by atoms with van der Waals surface area (Å²) in [4.78, 5) is 8.30. The van der Waals surface area contributed by atoms with Gasteiger partial charge in [-0.25, -0.2) is 4.39 Å². The lowest BCUT2D eigenvalue weighted by atomic mass is 9.97. The first-order valence-electron chi connectivity index (χ1n) is 6.41. The van der Waals surface area contributed by atoms with Gasteiger partial charge in [-0.1, -0.05) is 18.2 Å². The Morgan fingerprint density at radius 2 is 2.00 bits per heavy atom. The number of nitrogens with zero attached hydrogens (tertiary/aromatic N) is 2. The van der Waals surface area contributed by atoms with Crippen LogP contribution in [0.4, 0.5) is 4.39 Å². The fourth-order valence-electron chi connectivity index (χ4n) is 2.45. The van der Waals surface area contributed by atoms with E-state index in [1.54, 1.807) is 31.7 Å². The number of halogens is 1. The molecule has 20 heavy (non-hydrogen) atoms. The topological polar surface area (TPSA) is 37.8 Å². The smallest absolute Gasteiger partial charge is 0.146 e. The van der Waals surface area contributed by atoms with Gasteiger partial charge < -0.3 is 5.32 Å². The molecule has 0 aliphatic heterocycles. The molecule has 0 amide bonds. The summed E-state index contributed by atoms with van der Waals surface area (Å²) < 4.78 is 14.0. The summed E-state index contributed by atoms with van der Waals surface area (Å²) in [5.74, 6) is -0.307. The molecule has 0 fully saturated rings. The predicted octanol–water partition coefficient (Wildman–Crippen LogP) is 3.08. The minimum absolute atomic E-state index is 0.290. The SMILES string of the molecule is CNC(c1ncccc1F)c1cccc2cnccc12. The minimum atomic E-state index is -0.307. The molecule has 0 saturated heterocycles. The summed E-state index contributed by atoms with van der Waals surface area (Å²) in [6.45, 7) is 0. The third kappa shape index (κ3) is 2.14. The van der Waals surface area contributed by atoms with Gasteiger partial charge in [-0.3, -0.25) is 9.97 Å².